The number of nitrogens with zero attached hydrogens (tertiary/aromatic N) is 3. The van der Waals surface area contributed by atoms with Crippen LogP contribution < -0.4 is 10.1 Å². The molecule has 0 aliphatic rings. The molecule has 1 aromatic carbocycles. The number of benzene rings is 1. The third-order valence-corrected chi connectivity index (χ3v) is 2.45. The molecule has 2 rings (SSSR count). The van der Waals surface area contributed by atoms with Crippen LogP contribution in [0.2, 0.25) is 0 Å². The number of anilines is 1. The number of aromatic nitrogens is 2. The van der Waals surface area contributed by atoms with Crippen LogP contribution in [0.15, 0.2) is 24.4 Å². The van der Waals surface area contributed by atoms with E-state index in [0.717, 1.165) is 11.8 Å². The van der Waals surface area contributed by atoms with Gasteiger partial charge in [0, 0.05) is 7.05 Å². The summed E-state index contributed by atoms with van der Waals surface area (Å²) in [4.78, 5) is 17.8. The summed E-state index contributed by atoms with van der Waals surface area (Å²) in [6, 6.07) is 4.21. The Bertz CT molecular complexity index is 663. The van der Waals surface area contributed by atoms with Crippen molar-refractivity contribution in [3.8, 4) is 11.6 Å². The molecule has 2 aromatic rings. The van der Waals surface area contributed by atoms with Gasteiger partial charge in [-0.25, -0.2) is 9.37 Å². The molecule has 7 nitrogen and oxygen atoms in total. The molecule has 104 valence electrons. The molecule has 0 saturated heterocycles. The molecule has 0 amide bonds. The molecule has 0 atom stereocenters. The first-order valence-electron chi connectivity index (χ1n) is 5.64. The molecule has 1 heterocycles. The lowest BCUT2D eigenvalue weighted by molar-refractivity contribution is -0.386. The third kappa shape index (κ3) is 2.79. The Kier molecular flexibility index (Phi) is 3.74. The van der Waals surface area contributed by atoms with Crippen molar-refractivity contribution in [1.29, 1.82) is 0 Å². The van der Waals surface area contributed by atoms with Crippen LogP contribution in [-0.4, -0.2) is 21.9 Å². The number of ether oxygens (including phenoxy) is 1. The summed E-state index contributed by atoms with van der Waals surface area (Å²) in [5.41, 5.74) is 0.317. The summed E-state index contributed by atoms with van der Waals surface area (Å²) in [6.45, 7) is 1.75. The van der Waals surface area contributed by atoms with Gasteiger partial charge in [-0.15, -0.1) is 0 Å². The van der Waals surface area contributed by atoms with Crippen LogP contribution in [0.4, 0.5) is 16.0 Å². The molecule has 20 heavy (non-hydrogen) atoms. The highest BCUT2D eigenvalue weighted by Gasteiger charge is 2.20. The molecule has 1 N–H and O–H groups in total. The lowest BCUT2D eigenvalue weighted by Crippen LogP contribution is -2.02. The predicted molar refractivity (Wildman–Crippen MR) is 69.4 cm³/mol. The summed E-state index contributed by atoms with van der Waals surface area (Å²) >= 11 is 0. The van der Waals surface area contributed by atoms with Crippen molar-refractivity contribution in [2.45, 2.75) is 6.92 Å². The number of nitrogens with one attached hydrogen (secondary N) is 1. The number of nitro groups is 1. The summed E-state index contributed by atoms with van der Waals surface area (Å²) < 4.78 is 18.8. The van der Waals surface area contributed by atoms with Gasteiger partial charge in [-0.2, -0.15) is 4.98 Å². The SMILES string of the molecule is CNc1ncc([N+](=O)[O-])c(Oc2cc(C)ccc2F)n1. The molecular weight excluding hydrogens is 267 g/mol. The molecule has 0 unspecified atom stereocenters. The van der Waals surface area contributed by atoms with Gasteiger partial charge < -0.3 is 10.1 Å². The third-order valence-electron chi connectivity index (χ3n) is 2.45. The molecule has 0 saturated carbocycles. The van der Waals surface area contributed by atoms with Gasteiger partial charge in [-0.1, -0.05) is 6.07 Å². The topological polar surface area (TPSA) is 90.2 Å². The Balaban J connectivity index is 2.45. The minimum Gasteiger partial charge on any atom is -0.430 e. The van der Waals surface area contributed by atoms with E-state index in [0.29, 0.717) is 0 Å². The van der Waals surface area contributed by atoms with Crippen LogP contribution in [0.5, 0.6) is 11.6 Å². The molecule has 1 aromatic heterocycles. The standard InChI is InChI=1S/C12H11FN4O3/c1-7-3-4-8(13)10(5-7)20-11-9(17(18)19)6-15-12(14-2)16-11/h3-6H,1-2H3,(H,14,15,16). The maximum Gasteiger partial charge on any atom is 0.349 e. The van der Waals surface area contributed by atoms with Crippen molar-refractivity contribution in [2.75, 3.05) is 12.4 Å². The molecule has 0 aliphatic heterocycles. The van der Waals surface area contributed by atoms with E-state index in [1.807, 2.05) is 0 Å². The van der Waals surface area contributed by atoms with Gasteiger partial charge in [0.1, 0.15) is 6.20 Å². The largest absolute Gasteiger partial charge is 0.430 e. The number of hydrogen-bond donors (Lipinski definition) is 1. The van der Waals surface area contributed by atoms with Gasteiger partial charge >= 0.3 is 11.6 Å². The summed E-state index contributed by atoms with van der Waals surface area (Å²) in [7, 11) is 1.55. The minimum absolute atomic E-state index is 0.131. The van der Waals surface area contributed by atoms with E-state index in [-0.39, 0.29) is 17.6 Å². The van der Waals surface area contributed by atoms with Crippen LogP contribution in [0.3, 0.4) is 0 Å². The Morgan fingerprint density at radius 2 is 2.20 bits per heavy atom. The molecule has 0 spiro atoms. The Labute approximate surface area is 113 Å². The number of aryl methyl sites for hydroxylation is 1. The fraction of sp³-hybridized carbons (Fsp3) is 0.167. The van der Waals surface area contributed by atoms with Crippen molar-refractivity contribution in [2.24, 2.45) is 0 Å². The van der Waals surface area contributed by atoms with Crippen LogP contribution in [0.25, 0.3) is 0 Å². The van der Waals surface area contributed by atoms with Crippen molar-refractivity contribution in [1.82, 2.24) is 9.97 Å². The second-order valence-electron chi connectivity index (χ2n) is 3.93. The van der Waals surface area contributed by atoms with Crippen molar-refractivity contribution < 1.29 is 14.1 Å². The zero-order valence-electron chi connectivity index (χ0n) is 10.8. The van der Waals surface area contributed by atoms with Crippen LogP contribution in [-0.2, 0) is 0 Å². The highest BCUT2D eigenvalue weighted by Crippen LogP contribution is 2.31. The first kappa shape index (κ1) is 13.7. The lowest BCUT2D eigenvalue weighted by Gasteiger charge is -2.08. The van der Waals surface area contributed by atoms with Gasteiger partial charge in [-0.05, 0) is 24.6 Å². The predicted octanol–water partition coefficient (Wildman–Crippen LogP) is 2.67. The molecule has 0 aliphatic carbocycles. The zero-order valence-corrected chi connectivity index (χ0v) is 10.8. The first-order chi connectivity index (χ1) is 9.51. The molecular formula is C12H11FN4O3. The Morgan fingerprint density at radius 3 is 2.85 bits per heavy atom. The van der Waals surface area contributed by atoms with Crippen LogP contribution >= 0.6 is 0 Å². The van der Waals surface area contributed by atoms with Gasteiger partial charge in [0.15, 0.2) is 11.6 Å². The van der Waals surface area contributed by atoms with Crippen molar-refractivity contribution in [3.05, 3.63) is 45.9 Å². The highest BCUT2D eigenvalue weighted by molar-refractivity contribution is 5.45. The summed E-state index contributed by atoms with van der Waals surface area (Å²) in [5, 5.41) is 13.5. The van der Waals surface area contributed by atoms with E-state index in [1.54, 1.807) is 20.0 Å². The first-order valence-corrected chi connectivity index (χ1v) is 5.64. The van der Waals surface area contributed by atoms with Crippen molar-refractivity contribution in [3.63, 3.8) is 0 Å². The Hall–Kier alpha value is -2.77. The molecule has 0 fully saturated rings. The number of rotatable bonds is 4. The molecule has 8 heteroatoms. The average Bonchev–Trinajstić information content (AvgIpc) is 2.42. The van der Waals surface area contributed by atoms with E-state index in [1.165, 1.54) is 12.1 Å². The number of hydrogen-bond acceptors (Lipinski definition) is 6. The average molecular weight is 278 g/mol. The van der Waals surface area contributed by atoms with E-state index in [9.17, 15) is 14.5 Å². The van der Waals surface area contributed by atoms with E-state index in [4.69, 9.17) is 4.74 Å². The van der Waals surface area contributed by atoms with Crippen molar-refractivity contribution >= 4 is 11.6 Å². The van der Waals surface area contributed by atoms with Crippen LogP contribution in [0.1, 0.15) is 5.56 Å². The van der Waals surface area contributed by atoms with Gasteiger partial charge in [-0.3, -0.25) is 10.1 Å². The second kappa shape index (κ2) is 5.47. The maximum absolute atomic E-state index is 13.6. The number of halogens is 1. The highest BCUT2D eigenvalue weighted by atomic mass is 19.1. The van der Waals surface area contributed by atoms with Gasteiger partial charge in [0.2, 0.25) is 5.95 Å². The lowest BCUT2D eigenvalue weighted by atomic mass is 10.2. The van der Waals surface area contributed by atoms with Gasteiger partial charge in [0.25, 0.3) is 0 Å². The summed E-state index contributed by atoms with van der Waals surface area (Å²) in [5.74, 6) is -0.944. The fourth-order valence-electron chi connectivity index (χ4n) is 1.47. The summed E-state index contributed by atoms with van der Waals surface area (Å²) in [6.07, 6.45) is 1.00. The minimum atomic E-state index is -0.692. The maximum atomic E-state index is 13.6. The fourth-order valence-corrected chi connectivity index (χ4v) is 1.47. The van der Waals surface area contributed by atoms with Crippen LogP contribution in [0, 0.1) is 22.9 Å². The quantitative estimate of drug-likeness (QED) is 0.683. The van der Waals surface area contributed by atoms with E-state index < -0.39 is 16.4 Å². The molecule has 0 radical (unpaired) electrons. The zero-order chi connectivity index (χ0) is 14.7. The van der Waals surface area contributed by atoms with E-state index >= 15 is 0 Å². The van der Waals surface area contributed by atoms with Gasteiger partial charge in [0.05, 0.1) is 4.92 Å². The normalized spacial score (nSPS) is 10.2. The second-order valence-corrected chi connectivity index (χ2v) is 3.93. The van der Waals surface area contributed by atoms with E-state index in [2.05, 4.69) is 15.3 Å². The Morgan fingerprint density at radius 1 is 1.45 bits per heavy atom. The monoisotopic (exact) mass is 278 g/mol. The molecule has 0 bridgehead atoms. The smallest absolute Gasteiger partial charge is 0.349 e.